The summed E-state index contributed by atoms with van der Waals surface area (Å²) in [6, 6.07) is 17.1. The minimum Gasteiger partial charge on any atom is -0.348 e. The molecule has 3 rings (SSSR count). The first-order chi connectivity index (χ1) is 10.3. The second kappa shape index (κ2) is 6.28. The van der Waals surface area contributed by atoms with Gasteiger partial charge in [-0.2, -0.15) is 0 Å². The lowest BCUT2D eigenvalue weighted by Crippen LogP contribution is -2.22. The highest BCUT2D eigenvalue weighted by molar-refractivity contribution is 7.03. The first-order valence-corrected chi connectivity index (χ1v) is 7.36. The van der Waals surface area contributed by atoms with Crippen molar-refractivity contribution in [3.05, 3.63) is 71.1 Å². The number of hydrogen-bond acceptors (Lipinski definition) is 4. The molecule has 3 aromatic rings. The number of carbonyl (C=O) groups is 1. The molecule has 1 amide bonds. The molecule has 1 N–H and O–H groups in total. The van der Waals surface area contributed by atoms with Gasteiger partial charge >= 0.3 is 0 Å². The fourth-order valence-electron chi connectivity index (χ4n) is 1.96. The molecule has 0 saturated heterocycles. The van der Waals surface area contributed by atoms with E-state index in [2.05, 4.69) is 14.9 Å². The second-order valence-corrected chi connectivity index (χ2v) is 5.15. The van der Waals surface area contributed by atoms with Crippen molar-refractivity contribution in [1.29, 1.82) is 0 Å². The molecule has 0 aliphatic heterocycles. The Morgan fingerprint density at radius 2 is 1.81 bits per heavy atom. The van der Waals surface area contributed by atoms with Gasteiger partial charge in [0.2, 0.25) is 0 Å². The van der Waals surface area contributed by atoms with Crippen LogP contribution in [0.25, 0.3) is 11.3 Å². The fraction of sp³-hybridized carbons (Fsp3) is 0.0625. The molecule has 0 atom stereocenters. The van der Waals surface area contributed by atoms with Crippen molar-refractivity contribution >= 4 is 17.4 Å². The van der Waals surface area contributed by atoms with Crippen LogP contribution in [-0.4, -0.2) is 15.5 Å². The van der Waals surface area contributed by atoms with E-state index in [0.29, 0.717) is 12.1 Å². The van der Waals surface area contributed by atoms with E-state index in [1.165, 1.54) is 11.5 Å². The Bertz CT molecular complexity index is 709. The third-order valence-corrected chi connectivity index (χ3v) is 3.60. The van der Waals surface area contributed by atoms with Gasteiger partial charge in [-0.25, -0.2) is 0 Å². The van der Waals surface area contributed by atoms with Crippen LogP contribution in [-0.2, 0) is 6.54 Å². The van der Waals surface area contributed by atoms with Gasteiger partial charge in [-0.05, 0) is 29.2 Å². The summed E-state index contributed by atoms with van der Waals surface area (Å²) in [6.07, 6.45) is 0. The van der Waals surface area contributed by atoms with Crippen LogP contribution in [0.4, 0.5) is 0 Å². The minimum absolute atomic E-state index is 0.0663. The van der Waals surface area contributed by atoms with Crippen LogP contribution in [0.3, 0.4) is 0 Å². The second-order valence-electron chi connectivity index (χ2n) is 4.54. The Labute approximate surface area is 126 Å². The van der Waals surface area contributed by atoms with E-state index in [9.17, 15) is 4.79 Å². The zero-order chi connectivity index (χ0) is 14.5. The number of nitrogens with one attached hydrogen (secondary N) is 1. The molecule has 5 heteroatoms. The Morgan fingerprint density at radius 3 is 2.48 bits per heavy atom. The van der Waals surface area contributed by atoms with E-state index in [-0.39, 0.29) is 5.91 Å². The van der Waals surface area contributed by atoms with Gasteiger partial charge in [-0.3, -0.25) is 4.79 Å². The number of nitrogens with zero attached hydrogens (tertiary/aromatic N) is 2. The van der Waals surface area contributed by atoms with Crippen LogP contribution >= 0.6 is 11.5 Å². The summed E-state index contributed by atoms with van der Waals surface area (Å²) in [5.41, 5.74) is 3.62. The lowest BCUT2D eigenvalue weighted by atomic mass is 10.1. The van der Waals surface area contributed by atoms with Gasteiger partial charge < -0.3 is 5.32 Å². The van der Waals surface area contributed by atoms with E-state index >= 15 is 0 Å². The highest BCUT2D eigenvalue weighted by Crippen LogP contribution is 2.18. The van der Waals surface area contributed by atoms with Crippen LogP contribution in [0.5, 0.6) is 0 Å². The molecule has 1 aromatic heterocycles. The summed E-state index contributed by atoms with van der Waals surface area (Å²) in [7, 11) is 0. The molecular formula is C16H13N3OS. The quantitative estimate of drug-likeness (QED) is 0.804. The Morgan fingerprint density at radius 1 is 1.05 bits per heavy atom. The highest BCUT2D eigenvalue weighted by Gasteiger charge is 2.05. The smallest absolute Gasteiger partial charge is 0.251 e. The lowest BCUT2D eigenvalue weighted by molar-refractivity contribution is 0.0951. The maximum absolute atomic E-state index is 11.9. The average Bonchev–Trinajstić information content (AvgIpc) is 3.08. The third-order valence-electron chi connectivity index (χ3n) is 3.10. The molecule has 0 fully saturated rings. The first-order valence-electron chi connectivity index (χ1n) is 6.52. The average molecular weight is 295 g/mol. The number of carbonyl (C=O) groups excluding carboxylic acids is 1. The van der Waals surface area contributed by atoms with Gasteiger partial charge in [0.25, 0.3) is 5.91 Å². The Hall–Kier alpha value is -2.53. The van der Waals surface area contributed by atoms with E-state index in [1.807, 2.05) is 47.8 Å². The van der Waals surface area contributed by atoms with E-state index in [4.69, 9.17) is 0 Å². The molecule has 0 spiro atoms. The van der Waals surface area contributed by atoms with Crippen LogP contribution in [0.15, 0.2) is 60.0 Å². The van der Waals surface area contributed by atoms with Gasteiger partial charge in [-0.1, -0.05) is 47.0 Å². The molecule has 2 aromatic carbocycles. The SMILES string of the molecule is O=C(NCc1ccc(-c2csnn2)cc1)c1ccccc1. The summed E-state index contributed by atoms with van der Waals surface area (Å²) in [4.78, 5) is 11.9. The van der Waals surface area contributed by atoms with Crippen molar-refractivity contribution < 1.29 is 4.79 Å². The van der Waals surface area contributed by atoms with E-state index in [0.717, 1.165) is 16.8 Å². The summed E-state index contributed by atoms with van der Waals surface area (Å²) < 4.78 is 3.85. The van der Waals surface area contributed by atoms with E-state index in [1.54, 1.807) is 12.1 Å². The van der Waals surface area contributed by atoms with Crippen LogP contribution in [0.2, 0.25) is 0 Å². The van der Waals surface area contributed by atoms with E-state index < -0.39 is 0 Å². The molecule has 0 aliphatic carbocycles. The van der Waals surface area contributed by atoms with Crippen molar-refractivity contribution in [3.63, 3.8) is 0 Å². The number of rotatable bonds is 4. The molecule has 0 aliphatic rings. The Balaban J connectivity index is 1.62. The summed E-state index contributed by atoms with van der Waals surface area (Å²) in [5, 5.41) is 8.84. The molecule has 0 radical (unpaired) electrons. The molecule has 21 heavy (non-hydrogen) atoms. The Kier molecular flexibility index (Phi) is 4.02. The normalized spacial score (nSPS) is 10.3. The van der Waals surface area contributed by atoms with Gasteiger partial charge in [0.05, 0.1) is 0 Å². The number of hydrogen-bond donors (Lipinski definition) is 1. The highest BCUT2D eigenvalue weighted by atomic mass is 32.1. The molecule has 1 heterocycles. The monoisotopic (exact) mass is 295 g/mol. The predicted molar refractivity (Wildman–Crippen MR) is 83.0 cm³/mol. The molecule has 0 bridgehead atoms. The predicted octanol–water partition coefficient (Wildman–Crippen LogP) is 3.14. The number of amides is 1. The largest absolute Gasteiger partial charge is 0.348 e. The zero-order valence-electron chi connectivity index (χ0n) is 11.2. The van der Waals surface area contributed by atoms with Crippen molar-refractivity contribution in [3.8, 4) is 11.3 Å². The summed E-state index contributed by atoms with van der Waals surface area (Å²) >= 11 is 1.33. The van der Waals surface area contributed by atoms with Crippen LogP contribution in [0.1, 0.15) is 15.9 Å². The van der Waals surface area contributed by atoms with Crippen molar-refractivity contribution in [2.45, 2.75) is 6.54 Å². The third kappa shape index (κ3) is 3.32. The minimum atomic E-state index is -0.0663. The lowest BCUT2D eigenvalue weighted by Gasteiger charge is -2.06. The van der Waals surface area contributed by atoms with Crippen LogP contribution < -0.4 is 5.32 Å². The van der Waals surface area contributed by atoms with Gasteiger partial charge in [0.15, 0.2) is 0 Å². The number of benzene rings is 2. The first kappa shape index (κ1) is 13.5. The van der Waals surface area contributed by atoms with Crippen LogP contribution in [0, 0.1) is 0 Å². The molecule has 4 nitrogen and oxygen atoms in total. The standard InChI is InChI=1S/C16H13N3OS/c20-16(14-4-2-1-3-5-14)17-10-12-6-8-13(9-7-12)15-11-21-19-18-15/h1-9,11H,10H2,(H,17,20). The van der Waals surface area contributed by atoms with Crippen molar-refractivity contribution in [1.82, 2.24) is 14.9 Å². The van der Waals surface area contributed by atoms with Crippen molar-refractivity contribution in [2.24, 2.45) is 0 Å². The fourth-order valence-corrected chi connectivity index (χ4v) is 2.42. The summed E-state index contributed by atoms with van der Waals surface area (Å²) in [5.74, 6) is -0.0663. The maximum atomic E-state index is 11.9. The maximum Gasteiger partial charge on any atom is 0.251 e. The van der Waals surface area contributed by atoms with Crippen molar-refractivity contribution in [2.75, 3.05) is 0 Å². The number of aromatic nitrogens is 2. The molecule has 104 valence electrons. The van der Waals surface area contributed by atoms with Gasteiger partial charge in [-0.15, -0.1) is 5.10 Å². The van der Waals surface area contributed by atoms with Gasteiger partial charge in [0.1, 0.15) is 5.69 Å². The molecule has 0 unspecified atom stereocenters. The zero-order valence-corrected chi connectivity index (χ0v) is 12.0. The molecule has 0 saturated carbocycles. The topological polar surface area (TPSA) is 54.9 Å². The molecular weight excluding hydrogens is 282 g/mol. The van der Waals surface area contributed by atoms with Gasteiger partial charge in [0, 0.05) is 23.1 Å². The summed E-state index contributed by atoms with van der Waals surface area (Å²) in [6.45, 7) is 0.503.